The van der Waals surface area contributed by atoms with E-state index in [4.69, 9.17) is 0 Å². The summed E-state index contributed by atoms with van der Waals surface area (Å²) in [5.74, 6) is -0.978. The zero-order valence-electron chi connectivity index (χ0n) is 20.9. The summed E-state index contributed by atoms with van der Waals surface area (Å²) in [6, 6.07) is 18.0. The number of hydrogen-bond acceptors (Lipinski definition) is 6. The highest BCUT2D eigenvalue weighted by atomic mass is 32.1. The molecule has 38 heavy (non-hydrogen) atoms. The highest BCUT2D eigenvalue weighted by Crippen LogP contribution is 2.33. The molecule has 2 aromatic heterocycles. The van der Waals surface area contributed by atoms with Crippen LogP contribution in [0.15, 0.2) is 66.9 Å². The molecule has 0 spiro atoms. The standard InChI is InChI=1S/C29H24FN5O2S/c1-17-32-26-15-20(5-8-27(26)38-17)33-25-9-10-31-24-7-4-18(13-22(24)25)21-6-3-19(14-23(21)30)29(37)35-12-11-34(2)28(36)16-35/h3-10,13-15H,11-12,16H2,1-2H3,(H,31,33). The van der Waals surface area contributed by atoms with Crippen molar-refractivity contribution in [3.05, 3.63) is 83.2 Å². The molecule has 1 N–H and O–H groups in total. The van der Waals surface area contributed by atoms with Crippen molar-refractivity contribution in [1.29, 1.82) is 0 Å². The first kappa shape index (κ1) is 24.0. The number of amides is 2. The minimum absolute atomic E-state index is 0.00116. The first-order valence-corrected chi connectivity index (χ1v) is 13.0. The molecule has 0 saturated carbocycles. The van der Waals surface area contributed by atoms with Crippen LogP contribution in [0.2, 0.25) is 0 Å². The van der Waals surface area contributed by atoms with Gasteiger partial charge in [0.15, 0.2) is 0 Å². The van der Waals surface area contributed by atoms with Crippen LogP contribution in [-0.2, 0) is 4.79 Å². The van der Waals surface area contributed by atoms with E-state index in [0.717, 1.165) is 37.5 Å². The number of likely N-dealkylation sites (N-methyl/N-ethyl adjacent to an activating group) is 1. The maximum Gasteiger partial charge on any atom is 0.254 e. The van der Waals surface area contributed by atoms with Crippen molar-refractivity contribution in [1.82, 2.24) is 19.8 Å². The number of benzene rings is 3. The lowest BCUT2D eigenvalue weighted by molar-refractivity contribution is -0.133. The SMILES string of the molecule is Cc1nc2cc(Nc3ccnc4ccc(-c5ccc(C(=O)N6CCN(C)C(=O)C6)cc5F)cc34)ccc2s1. The third-order valence-corrected chi connectivity index (χ3v) is 7.74. The van der Waals surface area contributed by atoms with Crippen LogP contribution in [0.4, 0.5) is 15.8 Å². The number of anilines is 2. The number of halogens is 1. The number of fused-ring (bicyclic) bond motifs is 2. The second-order valence-electron chi connectivity index (χ2n) is 9.37. The molecule has 7 nitrogen and oxygen atoms in total. The molecule has 0 bridgehead atoms. The summed E-state index contributed by atoms with van der Waals surface area (Å²) in [6.07, 6.45) is 1.74. The van der Waals surface area contributed by atoms with Crippen LogP contribution in [0.1, 0.15) is 15.4 Å². The van der Waals surface area contributed by atoms with E-state index < -0.39 is 5.82 Å². The van der Waals surface area contributed by atoms with Gasteiger partial charge in [-0.2, -0.15) is 0 Å². The summed E-state index contributed by atoms with van der Waals surface area (Å²) < 4.78 is 16.4. The Bertz CT molecular complexity index is 1730. The third kappa shape index (κ3) is 4.45. The zero-order chi connectivity index (χ0) is 26.4. The molecule has 0 atom stereocenters. The number of rotatable bonds is 4. The summed E-state index contributed by atoms with van der Waals surface area (Å²) >= 11 is 1.66. The number of nitrogens with zero attached hydrogens (tertiary/aromatic N) is 4. The van der Waals surface area contributed by atoms with Crippen LogP contribution < -0.4 is 5.32 Å². The monoisotopic (exact) mass is 525 g/mol. The van der Waals surface area contributed by atoms with E-state index in [0.29, 0.717) is 24.2 Å². The van der Waals surface area contributed by atoms with Gasteiger partial charge in [0, 0.05) is 54.2 Å². The van der Waals surface area contributed by atoms with Gasteiger partial charge >= 0.3 is 0 Å². The van der Waals surface area contributed by atoms with Gasteiger partial charge in [0.25, 0.3) is 5.91 Å². The predicted octanol–water partition coefficient (Wildman–Crippen LogP) is 5.62. The van der Waals surface area contributed by atoms with E-state index in [1.165, 1.54) is 11.0 Å². The van der Waals surface area contributed by atoms with Crippen molar-refractivity contribution in [3.8, 4) is 11.1 Å². The van der Waals surface area contributed by atoms with E-state index in [2.05, 4.69) is 15.3 Å². The van der Waals surface area contributed by atoms with Crippen LogP contribution in [0.5, 0.6) is 0 Å². The number of aromatic nitrogens is 2. The Morgan fingerprint density at radius 2 is 1.89 bits per heavy atom. The van der Waals surface area contributed by atoms with Gasteiger partial charge in [0.2, 0.25) is 5.91 Å². The van der Waals surface area contributed by atoms with Crippen LogP contribution in [0, 0.1) is 12.7 Å². The largest absolute Gasteiger partial charge is 0.355 e. The van der Waals surface area contributed by atoms with Crippen molar-refractivity contribution in [3.63, 3.8) is 0 Å². The summed E-state index contributed by atoms with van der Waals surface area (Å²) in [5, 5.41) is 5.32. The quantitative estimate of drug-likeness (QED) is 0.330. The minimum Gasteiger partial charge on any atom is -0.355 e. The molecule has 1 fully saturated rings. The van der Waals surface area contributed by atoms with Gasteiger partial charge in [-0.15, -0.1) is 11.3 Å². The minimum atomic E-state index is -0.501. The van der Waals surface area contributed by atoms with Crippen molar-refractivity contribution < 1.29 is 14.0 Å². The van der Waals surface area contributed by atoms with Crippen LogP contribution >= 0.6 is 11.3 Å². The van der Waals surface area contributed by atoms with Crippen LogP contribution in [0.3, 0.4) is 0 Å². The van der Waals surface area contributed by atoms with Crippen LogP contribution in [0.25, 0.3) is 32.2 Å². The fourth-order valence-electron chi connectivity index (χ4n) is 4.70. The van der Waals surface area contributed by atoms with Crippen molar-refractivity contribution in [2.45, 2.75) is 6.92 Å². The number of aryl methyl sites for hydroxylation is 1. The number of nitrogens with one attached hydrogen (secondary N) is 1. The topological polar surface area (TPSA) is 78.4 Å². The van der Waals surface area contributed by atoms with Gasteiger partial charge in [-0.3, -0.25) is 14.6 Å². The van der Waals surface area contributed by atoms with Crippen molar-refractivity contribution in [2.24, 2.45) is 0 Å². The summed E-state index contributed by atoms with van der Waals surface area (Å²) in [7, 11) is 1.71. The van der Waals surface area contributed by atoms with E-state index in [9.17, 15) is 9.59 Å². The predicted molar refractivity (Wildman–Crippen MR) is 148 cm³/mol. The fraction of sp³-hybridized carbons (Fsp3) is 0.172. The Morgan fingerprint density at radius 3 is 2.71 bits per heavy atom. The Balaban J connectivity index is 1.30. The van der Waals surface area contributed by atoms with Crippen molar-refractivity contribution in [2.75, 3.05) is 32.0 Å². The van der Waals surface area contributed by atoms with Gasteiger partial charge in [-0.1, -0.05) is 12.1 Å². The number of hydrogen-bond donors (Lipinski definition) is 1. The second-order valence-corrected chi connectivity index (χ2v) is 10.6. The molecule has 0 radical (unpaired) electrons. The molecule has 5 aromatic rings. The van der Waals surface area contributed by atoms with E-state index >= 15 is 4.39 Å². The normalized spacial score (nSPS) is 13.9. The fourth-order valence-corrected chi connectivity index (χ4v) is 5.50. The molecular weight excluding hydrogens is 501 g/mol. The molecule has 3 aromatic carbocycles. The number of carbonyl (C=O) groups is 2. The smallest absolute Gasteiger partial charge is 0.254 e. The Morgan fingerprint density at radius 1 is 1.03 bits per heavy atom. The number of piperazine rings is 1. The molecule has 0 unspecified atom stereocenters. The van der Waals surface area contributed by atoms with Crippen molar-refractivity contribution >= 4 is 55.6 Å². The molecule has 1 aliphatic rings. The molecule has 1 saturated heterocycles. The van der Waals surface area contributed by atoms with Gasteiger partial charge in [-0.25, -0.2) is 9.37 Å². The molecule has 3 heterocycles. The molecule has 2 amide bonds. The Labute approximate surface area is 222 Å². The molecule has 190 valence electrons. The Hall–Kier alpha value is -4.37. The van der Waals surface area contributed by atoms with E-state index in [1.54, 1.807) is 41.6 Å². The molecule has 1 aliphatic heterocycles. The summed E-state index contributed by atoms with van der Waals surface area (Å²) in [5.41, 5.74) is 4.73. The number of carbonyl (C=O) groups excluding carboxylic acids is 2. The van der Waals surface area contributed by atoms with E-state index in [-0.39, 0.29) is 23.9 Å². The maximum absolute atomic E-state index is 15.3. The third-order valence-electron chi connectivity index (χ3n) is 6.79. The highest BCUT2D eigenvalue weighted by Gasteiger charge is 2.26. The molecular formula is C29H24FN5O2S. The van der Waals surface area contributed by atoms with Crippen LogP contribution in [-0.4, -0.2) is 58.3 Å². The van der Waals surface area contributed by atoms with Gasteiger partial charge in [0.05, 0.1) is 20.7 Å². The van der Waals surface area contributed by atoms with Gasteiger partial charge in [0.1, 0.15) is 12.4 Å². The summed E-state index contributed by atoms with van der Waals surface area (Å²) in [4.78, 5) is 37.0. The number of pyridine rings is 1. The zero-order valence-corrected chi connectivity index (χ0v) is 21.7. The van der Waals surface area contributed by atoms with Gasteiger partial charge < -0.3 is 15.1 Å². The lowest BCUT2D eigenvalue weighted by Crippen LogP contribution is -2.50. The van der Waals surface area contributed by atoms with E-state index in [1.807, 2.05) is 49.4 Å². The number of thiazole rings is 1. The molecule has 9 heteroatoms. The van der Waals surface area contributed by atoms with Gasteiger partial charge in [-0.05, 0) is 61.0 Å². The average molecular weight is 526 g/mol. The molecule has 6 rings (SSSR count). The molecule has 0 aliphatic carbocycles. The first-order chi connectivity index (χ1) is 18.4. The average Bonchev–Trinajstić information content (AvgIpc) is 3.29. The summed E-state index contributed by atoms with van der Waals surface area (Å²) in [6.45, 7) is 2.88. The first-order valence-electron chi connectivity index (χ1n) is 12.2. The lowest BCUT2D eigenvalue weighted by atomic mass is 10.00. The highest BCUT2D eigenvalue weighted by molar-refractivity contribution is 7.18. The second kappa shape index (κ2) is 9.50. The maximum atomic E-state index is 15.3. The Kier molecular flexibility index (Phi) is 6.00. The lowest BCUT2D eigenvalue weighted by Gasteiger charge is -2.32.